The number of urea groups is 1. The van der Waals surface area contributed by atoms with E-state index in [1.807, 2.05) is 11.4 Å². The highest BCUT2D eigenvalue weighted by atomic mass is 35.5. The van der Waals surface area contributed by atoms with Crippen molar-refractivity contribution >= 4 is 45.7 Å². The van der Waals surface area contributed by atoms with Crippen LogP contribution in [0.1, 0.15) is 24.1 Å². The number of carbonyl (C=O) groups excluding carboxylic acids is 2. The summed E-state index contributed by atoms with van der Waals surface area (Å²) < 4.78 is 5.48. The van der Waals surface area contributed by atoms with Crippen LogP contribution in [-0.4, -0.2) is 43.7 Å². The van der Waals surface area contributed by atoms with Gasteiger partial charge in [-0.3, -0.25) is 9.69 Å². The van der Waals surface area contributed by atoms with Crippen molar-refractivity contribution in [2.75, 3.05) is 36.5 Å². The van der Waals surface area contributed by atoms with Crippen molar-refractivity contribution in [2.45, 2.75) is 25.7 Å². The summed E-state index contributed by atoms with van der Waals surface area (Å²) in [5, 5.41) is 5.93. The van der Waals surface area contributed by atoms with Crippen molar-refractivity contribution in [3.05, 3.63) is 33.8 Å². The predicted molar refractivity (Wildman–Crippen MR) is 110 cm³/mol. The number of anilines is 2. The summed E-state index contributed by atoms with van der Waals surface area (Å²) in [6.07, 6.45) is 2.72. The maximum absolute atomic E-state index is 13.1. The van der Waals surface area contributed by atoms with E-state index in [0.29, 0.717) is 41.2 Å². The topological polar surface area (TPSA) is 74.8 Å². The maximum Gasteiger partial charge on any atom is 0.323 e. The number of halogens is 1. The number of methoxy groups -OCH3 is 1. The molecule has 0 saturated carbocycles. The molecule has 7 nitrogen and oxygen atoms in total. The molecule has 0 unspecified atom stereocenters. The van der Waals surface area contributed by atoms with Gasteiger partial charge in [-0.1, -0.05) is 11.6 Å². The van der Waals surface area contributed by atoms with Gasteiger partial charge in [0.05, 0.1) is 24.9 Å². The molecule has 0 aliphatic carbocycles. The number of fused-ring (bicyclic) bond motifs is 1. The smallest absolute Gasteiger partial charge is 0.323 e. The van der Waals surface area contributed by atoms with Crippen LogP contribution in [0.3, 0.4) is 0 Å². The molecule has 2 aromatic rings. The highest BCUT2D eigenvalue weighted by molar-refractivity contribution is 7.14. The van der Waals surface area contributed by atoms with Crippen LogP contribution < -0.4 is 19.9 Å². The molecule has 9 heteroatoms. The van der Waals surface area contributed by atoms with E-state index in [9.17, 15) is 9.59 Å². The average molecular weight is 421 g/mol. The summed E-state index contributed by atoms with van der Waals surface area (Å²) in [6, 6.07) is 3.47. The molecule has 0 bridgehead atoms. The highest BCUT2D eigenvalue weighted by Crippen LogP contribution is 2.40. The van der Waals surface area contributed by atoms with Crippen molar-refractivity contribution in [2.24, 2.45) is 0 Å². The Balaban J connectivity index is 1.54. The lowest BCUT2D eigenvalue weighted by atomic mass is 10.00. The van der Waals surface area contributed by atoms with Gasteiger partial charge in [-0.2, -0.15) is 0 Å². The quantitative estimate of drug-likeness (QED) is 0.823. The normalized spacial score (nSPS) is 16.6. The zero-order chi connectivity index (χ0) is 19.7. The van der Waals surface area contributed by atoms with Gasteiger partial charge in [0.25, 0.3) is 0 Å². The molecule has 3 amide bonds. The monoisotopic (exact) mass is 420 g/mol. The van der Waals surface area contributed by atoms with Crippen LogP contribution in [0.15, 0.2) is 17.5 Å². The molecule has 0 atom stereocenters. The van der Waals surface area contributed by atoms with E-state index in [1.54, 1.807) is 23.0 Å². The third-order valence-corrected chi connectivity index (χ3v) is 6.24. The standard InChI is InChI=1S/C19H21ClN4O3S/c1-27-15-6-5-14(20)13-4-2-8-23(17(13)15)16(25)10-12-11-28-19(22-12)24-9-3-7-21-18(24)26/h5-6,11H,2-4,7-10H2,1H3,(H,21,26). The van der Waals surface area contributed by atoms with Crippen LogP contribution in [0.4, 0.5) is 15.6 Å². The van der Waals surface area contributed by atoms with Gasteiger partial charge in [-0.05, 0) is 37.0 Å². The zero-order valence-corrected chi connectivity index (χ0v) is 17.1. The van der Waals surface area contributed by atoms with Gasteiger partial charge >= 0.3 is 6.03 Å². The Labute approximate surface area is 172 Å². The van der Waals surface area contributed by atoms with Gasteiger partial charge in [0.1, 0.15) is 5.75 Å². The first-order valence-corrected chi connectivity index (χ1v) is 10.5. The first-order valence-electron chi connectivity index (χ1n) is 9.24. The lowest BCUT2D eigenvalue weighted by molar-refractivity contribution is -0.118. The molecule has 1 aromatic heterocycles. The number of hydrogen-bond donors (Lipinski definition) is 1. The Morgan fingerprint density at radius 3 is 3.00 bits per heavy atom. The molecular formula is C19H21ClN4O3S. The number of benzene rings is 1. The second kappa shape index (κ2) is 7.97. The molecule has 2 aliphatic heterocycles. The summed E-state index contributed by atoms with van der Waals surface area (Å²) in [6.45, 7) is 1.95. The van der Waals surface area contributed by atoms with Crippen LogP contribution in [0.25, 0.3) is 0 Å². The van der Waals surface area contributed by atoms with Crippen molar-refractivity contribution in [3.8, 4) is 5.75 Å². The SMILES string of the molecule is COc1ccc(Cl)c2c1N(C(=O)Cc1csc(N3CCCNC3=O)n1)CCC2. The Morgan fingerprint density at radius 1 is 1.36 bits per heavy atom. The van der Waals surface area contributed by atoms with Crippen LogP contribution in [0, 0.1) is 0 Å². The number of carbonyl (C=O) groups is 2. The van der Waals surface area contributed by atoms with E-state index < -0.39 is 0 Å². The van der Waals surface area contributed by atoms with Crippen molar-refractivity contribution in [3.63, 3.8) is 0 Å². The number of hydrogen-bond acceptors (Lipinski definition) is 5. The number of thiazole rings is 1. The fourth-order valence-corrected chi connectivity index (χ4v) is 4.72. The Morgan fingerprint density at radius 2 is 2.21 bits per heavy atom. The van der Waals surface area contributed by atoms with Crippen LogP contribution in [-0.2, 0) is 17.6 Å². The van der Waals surface area contributed by atoms with Gasteiger partial charge in [0, 0.05) is 30.0 Å². The third-order valence-electron chi connectivity index (χ3n) is 4.97. The fourth-order valence-electron chi connectivity index (χ4n) is 3.63. The van der Waals surface area contributed by atoms with E-state index in [4.69, 9.17) is 16.3 Å². The molecule has 1 aromatic carbocycles. The molecule has 2 aliphatic rings. The number of amides is 3. The Bertz CT molecular complexity index is 917. The molecule has 0 spiro atoms. The number of nitrogens with zero attached hydrogens (tertiary/aromatic N) is 3. The van der Waals surface area contributed by atoms with E-state index in [-0.39, 0.29) is 18.4 Å². The molecule has 148 valence electrons. The Hall–Kier alpha value is -2.32. The summed E-state index contributed by atoms with van der Waals surface area (Å²) >= 11 is 7.74. The summed E-state index contributed by atoms with van der Waals surface area (Å²) in [5.74, 6) is 0.595. The number of rotatable bonds is 4. The van der Waals surface area contributed by atoms with E-state index >= 15 is 0 Å². The molecule has 1 saturated heterocycles. The molecule has 1 N–H and O–H groups in total. The summed E-state index contributed by atoms with van der Waals surface area (Å²) in [7, 11) is 1.59. The minimum absolute atomic E-state index is 0.0542. The molecular weight excluding hydrogens is 400 g/mol. The second-order valence-corrected chi connectivity index (χ2v) is 8.00. The maximum atomic E-state index is 13.1. The largest absolute Gasteiger partial charge is 0.495 e. The van der Waals surface area contributed by atoms with Crippen LogP contribution >= 0.6 is 22.9 Å². The predicted octanol–water partition coefficient (Wildman–Crippen LogP) is 3.25. The van der Waals surface area contributed by atoms with Gasteiger partial charge in [0.2, 0.25) is 5.91 Å². The van der Waals surface area contributed by atoms with Crippen LogP contribution in [0.2, 0.25) is 5.02 Å². The van der Waals surface area contributed by atoms with Crippen molar-refractivity contribution in [1.82, 2.24) is 10.3 Å². The molecule has 3 heterocycles. The molecule has 4 rings (SSSR count). The van der Waals surface area contributed by atoms with E-state index in [1.165, 1.54) is 11.3 Å². The first-order chi connectivity index (χ1) is 13.6. The minimum Gasteiger partial charge on any atom is -0.495 e. The first kappa shape index (κ1) is 19.0. The lowest BCUT2D eigenvalue weighted by Gasteiger charge is -2.31. The molecule has 1 fully saturated rings. The summed E-state index contributed by atoms with van der Waals surface area (Å²) in [5.41, 5.74) is 2.37. The van der Waals surface area contributed by atoms with Crippen molar-refractivity contribution < 1.29 is 14.3 Å². The third kappa shape index (κ3) is 3.54. The highest BCUT2D eigenvalue weighted by Gasteiger charge is 2.29. The number of ether oxygens (including phenoxy) is 1. The zero-order valence-electron chi connectivity index (χ0n) is 15.5. The molecule has 0 radical (unpaired) electrons. The number of aromatic nitrogens is 1. The average Bonchev–Trinajstić information content (AvgIpc) is 3.16. The number of nitrogens with one attached hydrogen (secondary N) is 1. The molecule has 28 heavy (non-hydrogen) atoms. The van der Waals surface area contributed by atoms with Gasteiger partial charge in [-0.25, -0.2) is 9.78 Å². The van der Waals surface area contributed by atoms with Gasteiger partial charge in [0.15, 0.2) is 5.13 Å². The second-order valence-electron chi connectivity index (χ2n) is 6.76. The van der Waals surface area contributed by atoms with Gasteiger partial charge < -0.3 is 15.0 Å². The van der Waals surface area contributed by atoms with Crippen molar-refractivity contribution in [1.29, 1.82) is 0 Å². The lowest BCUT2D eigenvalue weighted by Crippen LogP contribution is -2.46. The minimum atomic E-state index is -0.136. The van der Waals surface area contributed by atoms with Crippen LogP contribution in [0.5, 0.6) is 5.75 Å². The van der Waals surface area contributed by atoms with E-state index in [0.717, 1.165) is 30.5 Å². The summed E-state index contributed by atoms with van der Waals surface area (Å²) in [4.78, 5) is 32.9. The van der Waals surface area contributed by atoms with E-state index in [2.05, 4.69) is 10.3 Å². The Kier molecular flexibility index (Phi) is 5.41. The van der Waals surface area contributed by atoms with Gasteiger partial charge in [-0.15, -0.1) is 11.3 Å². The fraction of sp³-hybridized carbons (Fsp3) is 0.421.